The molecule has 1 saturated carbocycles. The summed E-state index contributed by atoms with van der Waals surface area (Å²) in [5.41, 5.74) is 4.93. The normalized spacial score (nSPS) is 21.2. The maximum absolute atomic E-state index is 12.6. The lowest BCUT2D eigenvalue weighted by atomic mass is 9.92. The van der Waals surface area contributed by atoms with Gasteiger partial charge in [0.25, 0.3) is 0 Å². The molecule has 4 rings (SSSR count). The van der Waals surface area contributed by atoms with Crippen molar-refractivity contribution in [2.45, 2.75) is 77.2 Å². The van der Waals surface area contributed by atoms with Crippen LogP contribution in [0.2, 0.25) is 0 Å². The highest BCUT2D eigenvalue weighted by Gasteiger charge is 2.36. The zero-order valence-electron chi connectivity index (χ0n) is 20.0. The summed E-state index contributed by atoms with van der Waals surface area (Å²) in [7, 11) is 1.63. The van der Waals surface area contributed by atoms with Crippen LogP contribution in [0.1, 0.15) is 76.7 Å². The van der Waals surface area contributed by atoms with Crippen LogP contribution in [0.3, 0.4) is 0 Å². The van der Waals surface area contributed by atoms with Gasteiger partial charge < -0.3 is 14.2 Å². The van der Waals surface area contributed by atoms with Gasteiger partial charge in [0.05, 0.1) is 13.2 Å². The molecule has 1 saturated heterocycles. The minimum Gasteiger partial charge on any atom is -0.493 e. The second-order valence-electron chi connectivity index (χ2n) is 9.56. The molecule has 6 nitrogen and oxygen atoms in total. The summed E-state index contributed by atoms with van der Waals surface area (Å²) in [6.07, 6.45) is 9.43. The van der Waals surface area contributed by atoms with Gasteiger partial charge in [-0.3, -0.25) is 4.79 Å². The van der Waals surface area contributed by atoms with Crippen LogP contribution < -0.4 is 9.47 Å². The zero-order chi connectivity index (χ0) is 23.4. The molecule has 1 unspecified atom stereocenters. The first-order valence-corrected chi connectivity index (χ1v) is 12.1. The number of likely N-dealkylation sites (tertiary alicyclic amines) is 1. The van der Waals surface area contributed by atoms with E-state index < -0.39 is 6.09 Å². The lowest BCUT2D eigenvalue weighted by Gasteiger charge is -2.20. The first-order valence-electron chi connectivity index (χ1n) is 12.1. The quantitative estimate of drug-likeness (QED) is 0.501. The van der Waals surface area contributed by atoms with E-state index in [-0.39, 0.29) is 31.0 Å². The lowest BCUT2D eigenvalue weighted by Crippen LogP contribution is -2.33. The number of benzene rings is 1. The van der Waals surface area contributed by atoms with E-state index in [0.29, 0.717) is 12.3 Å². The van der Waals surface area contributed by atoms with Crippen LogP contribution in [0.4, 0.5) is 4.79 Å². The van der Waals surface area contributed by atoms with E-state index in [9.17, 15) is 9.59 Å². The van der Waals surface area contributed by atoms with Crippen LogP contribution >= 0.6 is 0 Å². The number of rotatable bonds is 6. The number of allylic oxidation sites excluding steroid dienone is 3. The van der Waals surface area contributed by atoms with Gasteiger partial charge in [0, 0.05) is 18.9 Å². The van der Waals surface area contributed by atoms with Gasteiger partial charge in [-0.05, 0) is 82.1 Å². The van der Waals surface area contributed by atoms with Crippen molar-refractivity contribution in [3.8, 4) is 11.5 Å². The van der Waals surface area contributed by atoms with Gasteiger partial charge in [-0.1, -0.05) is 23.3 Å². The van der Waals surface area contributed by atoms with Crippen LogP contribution in [-0.2, 0) is 9.53 Å². The fourth-order valence-corrected chi connectivity index (χ4v) is 4.93. The Morgan fingerprint density at radius 2 is 1.91 bits per heavy atom. The summed E-state index contributed by atoms with van der Waals surface area (Å²) in [5.74, 6) is 1.15. The molecule has 178 valence electrons. The maximum atomic E-state index is 12.6. The number of imide groups is 1. The van der Waals surface area contributed by atoms with E-state index in [0.717, 1.165) is 49.0 Å². The van der Waals surface area contributed by atoms with Gasteiger partial charge in [-0.2, -0.15) is 0 Å². The topological polar surface area (TPSA) is 65.1 Å². The Labute approximate surface area is 196 Å². The van der Waals surface area contributed by atoms with E-state index in [1.807, 2.05) is 18.2 Å². The molecule has 2 aliphatic carbocycles. The summed E-state index contributed by atoms with van der Waals surface area (Å²) in [6, 6.07) is 5.82. The van der Waals surface area contributed by atoms with Gasteiger partial charge in [0.1, 0.15) is 6.61 Å². The second kappa shape index (κ2) is 10.4. The number of hydrogen-bond acceptors (Lipinski definition) is 5. The predicted octanol–water partition coefficient (Wildman–Crippen LogP) is 5.92. The molecule has 3 aliphatic rings. The molecule has 0 N–H and O–H groups in total. The van der Waals surface area contributed by atoms with Crippen LogP contribution in [0, 0.1) is 0 Å². The maximum Gasteiger partial charge on any atom is 0.416 e. The van der Waals surface area contributed by atoms with Gasteiger partial charge in [-0.25, -0.2) is 9.69 Å². The molecule has 1 heterocycles. The predicted molar refractivity (Wildman–Crippen MR) is 127 cm³/mol. The van der Waals surface area contributed by atoms with Crippen molar-refractivity contribution in [1.29, 1.82) is 0 Å². The fraction of sp³-hybridized carbons (Fsp3) is 0.556. The van der Waals surface area contributed by atoms with Crippen molar-refractivity contribution >= 4 is 12.0 Å². The summed E-state index contributed by atoms with van der Waals surface area (Å²) in [4.78, 5) is 26.5. The number of carbonyl (C=O) groups is 2. The van der Waals surface area contributed by atoms with Crippen LogP contribution in [0.15, 0.2) is 41.0 Å². The van der Waals surface area contributed by atoms with Crippen molar-refractivity contribution in [2.24, 2.45) is 0 Å². The van der Waals surface area contributed by atoms with Crippen molar-refractivity contribution in [3.05, 3.63) is 46.6 Å². The first-order chi connectivity index (χ1) is 15.9. The molecular formula is C27H35NO5. The molecule has 6 heteroatoms. The molecule has 1 aromatic rings. The molecule has 0 spiro atoms. The minimum absolute atomic E-state index is 0.0731. The summed E-state index contributed by atoms with van der Waals surface area (Å²) in [6.45, 7) is 4.85. The number of methoxy groups -OCH3 is 1. The Morgan fingerprint density at radius 3 is 2.58 bits per heavy atom. The van der Waals surface area contributed by atoms with E-state index >= 15 is 0 Å². The molecule has 0 radical (unpaired) electrons. The molecule has 1 aliphatic heterocycles. The average molecular weight is 454 g/mol. The zero-order valence-corrected chi connectivity index (χ0v) is 20.0. The van der Waals surface area contributed by atoms with Gasteiger partial charge in [0.15, 0.2) is 11.5 Å². The van der Waals surface area contributed by atoms with E-state index in [2.05, 4.69) is 19.9 Å². The number of nitrogens with zero attached hydrogens (tertiary/aromatic N) is 1. The third-order valence-corrected chi connectivity index (χ3v) is 7.07. The Morgan fingerprint density at radius 1 is 1.12 bits per heavy atom. The number of carbonyl (C=O) groups excluding carboxylic acids is 2. The Kier molecular flexibility index (Phi) is 7.41. The smallest absolute Gasteiger partial charge is 0.416 e. The number of amides is 2. The van der Waals surface area contributed by atoms with Gasteiger partial charge >= 0.3 is 6.09 Å². The van der Waals surface area contributed by atoms with E-state index in [1.165, 1.54) is 28.9 Å². The van der Waals surface area contributed by atoms with Crippen LogP contribution in [-0.4, -0.2) is 43.3 Å². The largest absolute Gasteiger partial charge is 0.493 e. The average Bonchev–Trinajstić information content (AvgIpc) is 3.47. The number of ether oxygens (including phenoxy) is 3. The standard InChI is InChI=1S/C27H35NO5/c1-18(2)20-10-8-19(9-11-20)17-32-27(30)28-16-22(15-26(28)29)21-12-13-24(31-3)25(14-21)33-23-6-4-5-7-23/h8,12-14,22-23H,4-7,9-11,15-17H2,1-3H3. The van der Waals surface area contributed by atoms with Crippen LogP contribution in [0.25, 0.3) is 0 Å². The summed E-state index contributed by atoms with van der Waals surface area (Å²) >= 11 is 0. The second-order valence-corrected chi connectivity index (χ2v) is 9.56. The lowest BCUT2D eigenvalue weighted by molar-refractivity contribution is -0.126. The van der Waals surface area contributed by atoms with Crippen molar-refractivity contribution < 1.29 is 23.8 Å². The Balaban J connectivity index is 1.36. The molecule has 1 atom stereocenters. The first kappa shape index (κ1) is 23.4. The molecule has 0 bridgehead atoms. The van der Waals surface area contributed by atoms with Crippen LogP contribution in [0.5, 0.6) is 11.5 Å². The molecule has 0 aromatic heterocycles. The van der Waals surface area contributed by atoms with Gasteiger partial charge in [-0.15, -0.1) is 0 Å². The highest BCUT2D eigenvalue weighted by molar-refractivity contribution is 5.94. The minimum atomic E-state index is -0.549. The summed E-state index contributed by atoms with van der Waals surface area (Å²) in [5, 5.41) is 0. The molecular weight excluding hydrogens is 418 g/mol. The Bertz CT molecular complexity index is 953. The van der Waals surface area contributed by atoms with Gasteiger partial charge in [0.2, 0.25) is 5.91 Å². The van der Waals surface area contributed by atoms with Crippen molar-refractivity contribution in [2.75, 3.05) is 20.3 Å². The molecule has 2 fully saturated rings. The number of hydrogen-bond donors (Lipinski definition) is 0. The Hall–Kier alpha value is -2.76. The highest BCUT2D eigenvalue weighted by atomic mass is 16.6. The molecule has 33 heavy (non-hydrogen) atoms. The van der Waals surface area contributed by atoms with E-state index in [4.69, 9.17) is 14.2 Å². The molecule has 2 amide bonds. The fourth-order valence-electron chi connectivity index (χ4n) is 4.93. The van der Waals surface area contributed by atoms with Crippen molar-refractivity contribution in [3.63, 3.8) is 0 Å². The monoisotopic (exact) mass is 453 g/mol. The van der Waals surface area contributed by atoms with E-state index in [1.54, 1.807) is 7.11 Å². The third-order valence-electron chi connectivity index (χ3n) is 7.07. The highest BCUT2D eigenvalue weighted by Crippen LogP contribution is 2.37. The summed E-state index contributed by atoms with van der Waals surface area (Å²) < 4.78 is 17.2. The molecule has 1 aromatic carbocycles. The third kappa shape index (κ3) is 5.60. The van der Waals surface area contributed by atoms with Crippen molar-refractivity contribution in [1.82, 2.24) is 4.90 Å². The SMILES string of the molecule is COc1ccc(C2CC(=O)N(C(=O)OCC3=CCC(=C(C)C)CC3)C2)cc1OC1CCCC1.